The number of sulfonamides is 2. The van der Waals surface area contributed by atoms with Crippen LogP contribution in [-0.4, -0.2) is 42.8 Å². The fourth-order valence-electron chi connectivity index (χ4n) is 2.98. The van der Waals surface area contributed by atoms with Gasteiger partial charge in [-0.1, -0.05) is 12.1 Å². The van der Waals surface area contributed by atoms with Gasteiger partial charge in [0.05, 0.1) is 33.2 Å². The monoisotopic (exact) mass is 595 g/mol. The first kappa shape index (κ1) is 28.7. The van der Waals surface area contributed by atoms with Crippen molar-refractivity contribution < 1.29 is 48.1 Å². The summed E-state index contributed by atoms with van der Waals surface area (Å²) >= 11 is 0. The standard InChI is InChI=1S/C20H16F3N3O9S3/c1-35-18-11-10-15(36(29,30)20(21,22)23)12-19(18)38(33,34)25-17-5-3-2-4-16(17)24-37(31,32)14-8-6-13(7-9-14)26(27)28/h2-12,24-25H,1H3. The second kappa shape index (κ2) is 10.1. The molecule has 3 aromatic carbocycles. The first-order valence-electron chi connectivity index (χ1n) is 9.88. The highest BCUT2D eigenvalue weighted by Gasteiger charge is 2.47. The molecule has 0 fully saturated rings. The van der Waals surface area contributed by atoms with E-state index in [0.717, 1.165) is 49.6 Å². The number of halogens is 3. The second-order valence-corrected chi connectivity index (χ2v) is 12.5. The molecular formula is C20H16F3N3O9S3. The number of alkyl halides is 3. The van der Waals surface area contributed by atoms with Gasteiger partial charge in [0.2, 0.25) is 0 Å². The smallest absolute Gasteiger partial charge is 0.495 e. The molecule has 12 nitrogen and oxygen atoms in total. The van der Waals surface area contributed by atoms with Gasteiger partial charge >= 0.3 is 5.51 Å². The summed E-state index contributed by atoms with van der Waals surface area (Å²) in [7, 11) is -14.2. The largest absolute Gasteiger partial charge is 0.501 e. The molecule has 0 saturated carbocycles. The lowest BCUT2D eigenvalue weighted by atomic mass is 10.3. The number of nitro benzene ring substituents is 1. The molecule has 0 aliphatic heterocycles. The number of para-hydroxylation sites is 2. The number of nitro groups is 1. The van der Waals surface area contributed by atoms with Gasteiger partial charge in [0.25, 0.3) is 35.6 Å². The molecule has 38 heavy (non-hydrogen) atoms. The van der Waals surface area contributed by atoms with Crippen LogP contribution in [0.1, 0.15) is 0 Å². The number of nitrogens with one attached hydrogen (secondary N) is 2. The molecule has 0 heterocycles. The van der Waals surface area contributed by atoms with E-state index in [4.69, 9.17) is 4.74 Å². The predicted molar refractivity (Wildman–Crippen MR) is 127 cm³/mol. The lowest BCUT2D eigenvalue weighted by molar-refractivity contribution is -0.384. The van der Waals surface area contributed by atoms with E-state index in [2.05, 4.69) is 4.72 Å². The molecule has 0 atom stereocenters. The molecule has 0 spiro atoms. The Bertz CT molecular complexity index is 1710. The molecule has 3 aromatic rings. The molecule has 0 aromatic heterocycles. The molecule has 0 amide bonds. The van der Waals surface area contributed by atoms with Crippen molar-refractivity contribution in [3.63, 3.8) is 0 Å². The maximum Gasteiger partial charge on any atom is 0.501 e. The molecule has 0 radical (unpaired) electrons. The summed E-state index contributed by atoms with van der Waals surface area (Å²) in [5.41, 5.74) is -6.80. The minimum absolute atomic E-state index is 0.258. The predicted octanol–water partition coefficient (Wildman–Crippen LogP) is 3.50. The van der Waals surface area contributed by atoms with E-state index in [1.54, 1.807) is 0 Å². The topological polar surface area (TPSA) is 179 Å². The van der Waals surface area contributed by atoms with Gasteiger partial charge in [-0.3, -0.25) is 19.6 Å². The van der Waals surface area contributed by atoms with Crippen LogP contribution in [0, 0.1) is 10.1 Å². The number of hydrogen-bond donors (Lipinski definition) is 2. The quantitative estimate of drug-likeness (QED) is 0.277. The van der Waals surface area contributed by atoms with Crippen LogP contribution in [0.4, 0.5) is 30.2 Å². The zero-order valence-corrected chi connectivity index (χ0v) is 21.3. The van der Waals surface area contributed by atoms with Crippen molar-refractivity contribution in [3.8, 4) is 5.75 Å². The lowest BCUT2D eigenvalue weighted by Crippen LogP contribution is -2.24. The molecule has 3 rings (SSSR count). The normalized spacial score (nSPS) is 12.5. The fourth-order valence-corrected chi connectivity index (χ4v) is 6.20. The Morgan fingerprint density at radius 1 is 0.789 bits per heavy atom. The van der Waals surface area contributed by atoms with E-state index >= 15 is 0 Å². The van der Waals surface area contributed by atoms with Crippen molar-refractivity contribution in [2.45, 2.75) is 20.2 Å². The maximum atomic E-state index is 13.1. The van der Waals surface area contributed by atoms with Gasteiger partial charge in [0.1, 0.15) is 10.6 Å². The summed E-state index contributed by atoms with van der Waals surface area (Å²) in [5, 5.41) is 10.8. The average molecular weight is 596 g/mol. The van der Waals surface area contributed by atoms with Crippen molar-refractivity contribution >= 4 is 46.9 Å². The molecule has 2 N–H and O–H groups in total. The van der Waals surface area contributed by atoms with E-state index in [-0.39, 0.29) is 23.1 Å². The number of nitrogens with zero attached hydrogens (tertiary/aromatic N) is 1. The number of non-ortho nitro benzene ring substituents is 1. The molecule has 0 saturated heterocycles. The van der Waals surface area contributed by atoms with E-state index < -0.39 is 60.8 Å². The fraction of sp³-hybridized carbons (Fsp3) is 0.100. The maximum absolute atomic E-state index is 13.1. The van der Waals surface area contributed by atoms with Gasteiger partial charge in [-0.15, -0.1) is 0 Å². The third-order valence-electron chi connectivity index (χ3n) is 4.81. The Hall–Kier alpha value is -3.90. The number of sulfone groups is 1. The van der Waals surface area contributed by atoms with Gasteiger partial charge in [-0.25, -0.2) is 25.3 Å². The highest BCUT2D eigenvalue weighted by atomic mass is 32.2. The van der Waals surface area contributed by atoms with Gasteiger partial charge < -0.3 is 4.74 Å². The van der Waals surface area contributed by atoms with Crippen LogP contribution in [0.2, 0.25) is 0 Å². The summed E-state index contributed by atoms with van der Waals surface area (Å²) in [6.45, 7) is 0. The zero-order valence-electron chi connectivity index (χ0n) is 18.8. The minimum atomic E-state index is -5.91. The average Bonchev–Trinajstić information content (AvgIpc) is 2.84. The van der Waals surface area contributed by atoms with Gasteiger partial charge in [0, 0.05) is 12.1 Å². The van der Waals surface area contributed by atoms with Crippen molar-refractivity contribution in [2.24, 2.45) is 0 Å². The molecule has 18 heteroatoms. The minimum Gasteiger partial charge on any atom is -0.495 e. The molecule has 0 bridgehead atoms. The van der Waals surface area contributed by atoms with Crippen molar-refractivity contribution in [1.82, 2.24) is 0 Å². The third-order valence-corrected chi connectivity index (χ3v) is 9.07. The highest BCUT2D eigenvalue weighted by molar-refractivity contribution is 7.93. The summed E-state index contributed by atoms with van der Waals surface area (Å²) < 4.78 is 123. The summed E-state index contributed by atoms with van der Waals surface area (Å²) in [5.74, 6) is -0.498. The van der Waals surface area contributed by atoms with Crippen LogP contribution >= 0.6 is 0 Å². The first-order chi connectivity index (χ1) is 17.5. The summed E-state index contributed by atoms with van der Waals surface area (Å²) in [6, 6.07) is 10.2. The molecule has 0 unspecified atom stereocenters. The van der Waals surface area contributed by atoms with Crippen LogP contribution in [0.25, 0.3) is 0 Å². The number of benzene rings is 3. The van der Waals surface area contributed by atoms with Crippen molar-refractivity contribution in [2.75, 3.05) is 16.6 Å². The summed E-state index contributed by atoms with van der Waals surface area (Å²) in [4.78, 5) is 7.32. The van der Waals surface area contributed by atoms with Crippen LogP contribution in [0.5, 0.6) is 5.75 Å². The van der Waals surface area contributed by atoms with E-state index in [9.17, 15) is 48.5 Å². The number of ether oxygens (including phenoxy) is 1. The van der Waals surface area contributed by atoms with Crippen LogP contribution < -0.4 is 14.2 Å². The van der Waals surface area contributed by atoms with Crippen molar-refractivity contribution in [3.05, 3.63) is 76.8 Å². The molecular weight excluding hydrogens is 579 g/mol. The zero-order chi connectivity index (χ0) is 28.5. The Balaban J connectivity index is 2.01. The Kier molecular flexibility index (Phi) is 7.62. The number of rotatable bonds is 9. The molecule has 0 aliphatic rings. The van der Waals surface area contributed by atoms with Gasteiger partial charge in [-0.2, -0.15) is 13.2 Å². The molecule has 0 aliphatic carbocycles. The number of anilines is 2. The first-order valence-corrected chi connectivity index (χ1v) is 14.3. The van der Waals surface area contributed by atoms with E-state index in [1.165, 1.54) is 12.1 Å². The van der Waals surface area contributed by atoms with E-state index in [1.807, 2.05) is 4.72 Å². The highest BCUT2D eigenvalue weighted by Crippen LogP contribution is 2.35. The van der Waals surface area contributed by atoms with Crippen molar-refractivity contribution in [1.29, 1.82) is 0 Å². The van der Waals surface area contributed by atoms with Gasteiger partial charge in [0.15, 0.2) is 0 Å². The lowest BCUT2D eigenvalue weighted by Gasteiger charge is -2.17. The third kappa shape index (κ3) is 5.81. The number of hydrogen-bond acceptors (Lipinski definition) is 9. The number of methoxy groups -OCH3 is 1. The summed E-state index contributed by atoms with van der Waals surface area (Å²) in [6.07, 6.45) is 0. The van der Waals surface area contributed by atoms with Gasteiger partial charge in [-0.05, 0) is 42.5 Å². The van der Waals surface area contributed by atoms with E-state index in [0.29, 0.717) is 6.07 Å². The van der Waals surface area contributed by atoms with Crippen LogP contribution in [0.3, 0.4) is 0 Å². The Morgan fingerprint density at radius 2 is 1.29 bits per heavy atom. The Labute approximate surface area is 214 Å². The second-order valence-electron chi connectivity index (χ2n) is 7.27. The SMILES string of the molecule is COc1ccc(S(=O)(=O)C(F)(F)F)cc1S(=O)(=O)Nc1ccccc1NS(=O)(=O)c1ccc([N+](=O)[O-])cc1. The van der Waals surface area contributed by atoms with Crippen LogP contribution in [-0.2, 0) is 29.9 Å². The Morgan fingerprint density at radius 3 is 1.76 bits per heavy atom. The molecule has 204 valence electrons. The van der Waals surface area contributed by atoms with Crippen LogP contribution in [0.15, 0.2) is 81.4 Å².